The summed E-state index contributed by atoms with van der Waals surface area (Å²) in [6, 6.07) is 16.7. The standard InChI is InChI=1S/C17H13NO2S/c19-16-14(12-4-2-1-3-5-12)15(17(20)18-16)13-8-6-11(10-21)7-9-13/h1-9,21H,10H2,(H,18,19,20). The van der Waals surface area contributed by atoms with Gasteiger partial charge in [-0.05, 0) is 16.7 Å². The van der Waals surface area contributed by atoms with E-state index in [1.54, 1.807) is 0 Å². The Bertz CT molecular complexity index is 733. The van der Waals surface area contributed by atoms with Gasteiger partial charge < -0.3 is 0 Å². The molecule has 2 aromatic rings. The lowest BCUT2D eigenvalue weighted by Crippen LogP contribution is -2.22. The van der Waals surface area contributed by atoms with Crippen LogP contribution in [0.1, 0.15) is 16.7 Å². The van der Waals surface area contributed by atoms with Gasteiger partial charge >= 0.3 is 0 Å². The molecule has 0 unspecified atom stereocenters. The molecule has 0 bridgehead atoms. The zero-order valence-electron chi connectivity index (χ0n) is 11.2. The molecule has 2 amide bonds. The smallest absolute Gasteiger partial charge is 0.259 e. The fourth-order valence-corrected chi connectivity index (χ4v) is 2.60. The topological polar surface area (TPSA) is 46.2 Å². The maximum Gasteiger partial charge on any atom is 0.259 e. The van der Waals surface area contributed by atoms with Gasteiger partial charge in [-0.3, -0.25) is 14.9 Å². The van der Waals surface area contributed by atoms with Crippen molar-refractivity contribution >= 4 is 35.6 Å². The summed E-state index contributed by atoms with van der Waals surface area (Å²) in [5, 5.41) is 2.38. The molecule has 3 rings (SSSR count). The van der Waals surface area contributed by atoms with Crippen LogP contribution in [-0.2, 0) is 15.3 Å². The summed E-state index contributed by atoms with van der Waals surface area (Å²) in [5.74, 6) is -0.0624. The van der Waals surface area contributed by atoms with Crippen molar-refractivity contribution in [2.45, 2.75) is 5.75 Å². The van der Waals surface area contributed by atoms with Crippen molar-refractivity contribution in [3.63, 3.8) is 0 Å². The van der Waals surface area contributed by atoms with Gasteiger partial charge in [-0.2, -0.15) is 12.6 Å². The molecule has 0 aromatic heterocycles. The molecule has 1 N–H and O–H groups in total. The van der Waals surface area contributed by atoms with E-state index in [0.717, 1.165) is 16.7 Å². The first-order chi connectivity index (χ1) is 10.2. The van der Waals surface area contributed by atoms with Crippen LogP contribution in [0.15, 0.2) is 54.6 Å². The molecule has 0 atom stereocenters. The number of amides is 2. The Hall–Kier alpha value is -2.33. The molecular weight excluding hydrogens is 282 g/mol. The van der Waals surface area contributed by atoms with E-state index >= 15 is 0 Å². The normalized spacial score (nSPS) is 14.5. The number of carbonyl (C=O) groups is 2. The molecule has 2 aromatic carbocycles. The van der Waals surface area contributed by atoms with Crippen LogP contribution in [0.2, 0.25) is 0 Å². The quantitative estimate of drug-likeness (QED) is 0.675. The van der Waals surface area contributed by atoms with E-state index in [1.807, 2.05) is 54.6 Å². The molecule has 0 saturated carbocycles. The number of benzene rings is 2. The molecule has 104 valence electrons. The van der Waals surface area contributed by atoms with Crippen LogP contribution < -0.4 is 5.32 Å². The van der Waals surface area contributed by atoms with Gasteiger partial charge in [-0.25, -0.2) is 0 Å². The first kappa shape index (κ1) is 13.6. The summed E-state index contributed by atoms with van der Waals surface area (Å²) in [6.07, 6.45) is 0. The molecule has 3 nitrogen and oxygen atoms in total. The van der Waals surface area contributed by atoms with E-state index < -0.39 is 0 Å². The minimum atomic E-state index is -0.350. The van der Waals surface area contributed by atoms with Gasteiger partial charge in [0.1, 0.15) is 0 Å². The van der Waals surface area contributed by atoms with Crippen molar-refractivity contribution in [3.8, 4) is 0 Å². The fourth-order valence-electron chi connectivity index (χ4n) is 2.39. The zero-order chi connectivity index (χ0) is 14.8. The van der Waals surface area contributed by atoms with Gasteiger partial charge in [-0.1, -0.05) is 54.6 Å². The predicted molar refractivity (Wildman–Crippen MR) is 85.5 cm³/mol. The number of imide groups is 1. The Labute approximate surface area is 128 Å². The second-order valence-electron chi connectivity index (χ2n) is 4.75. The first-order valence-corrected chi connectivity index (χ1v) is 7.19. The number of hydrogen-bond donors (Lipinski definition) is 2. The fraction of sp³-hybridized carbons (Fsp3) is 0.0588. The van der Waals surface area contributed by atoms with E-state index in [0.29, 0.717) is 16.9 Å². The lowest BCUT2D eigenvalue weighted by atomic mass is 9.96. The average molecular weight is 295 g/mol. The summed E-state index contributed by atoms with van der Waals surface area (Å²) in [5.41, 5.74) is 3.40. The third-order valence-electron chi connectivity index (χ3n) is 3.42. The number of rotatable bonds is 3. The molecular formula is C17H13NO2S. The van der Waals surface area contributed by atoms with Gasteiger partial charge in [0.25, 0.3) is 11.8 Å². The lowest BCUT2D eigenvalue weighted by Gasteiger charge is -2.05. The average Bonchev–Trinajstić information content (AvgIpc) is 2.82. The van der Waals surface area contributed by atoms with Gasteiger partial charge in [0, 0.05) is 5.75 Å². The summed E-state index contributed by atoms with van der Waals surface area (Å²) < 4.78 is 0. The lowest BCUT2D eigenvalue weighted by molar-refractivity contribution is -0.122. The highest BCUT2D eigenvalue weighted by molar-refractivity contribution is 7.79. The Kier molecular flexibility index (Phi) is 3.62. The molecule has 1 aliphatic rings. The Morgan fingerprint density at radius 1 is 0.762 bits per heavy atom. The number of hydrogen-bond acceptors (Lipinski definition) is 3. The van der Waals surface area contributed by atoms with E-state index in [9.17, 15) is 9.59 Å². The van der Waals surface area contributed by atoms with E-state index in [4.69, 9.17) is 0 Å². The molecule has 0 radical (unpaired) electrons. The molecule has 0 fully saturated rings. The third-order valence-corrected chi connectivity index (χ3v) is 3.78. The minimum Gasteiger partial charge on any atom is -0.288 e. The van der Waals surface area contributed by atoms with Crippen LogP contribution in [0, 0.1) is 0 Å². The van der Waals surface area contributed by atoms with Gasteiger partial charge in [-0.15, -0.1) is 0 Å². The summed E-state index contributed by atoms with van der Waals surface area (Å²) >= 11 is 4.22. The summed E-state index contributed by atoms with van der Waals surface area (Å²) in [4.78, 5) is 24.2. The Balaban J connectivity index is 2.16. The largest absolute Gasteiger partial charge is 0.288 e. The number of nitrogens with one attached hydrogen (secondary N) is 1. The molecule has 21 heavy (non-hydrogen) atoms. The van der Waals surface area contributed by atoms with Crippen LogP contribution in [-0.4, -0.2) is 11.8 Å². The van der Waals surface area contributed by atoms with E-state index in [1.165, 1.54) is 0 Å². The molecule has 0 saturated heterocycles. The van der Waals surface area contributed by atoms with Gasteiger partial charge in [0.05, 0.1) is 11.1 Å². The van der Waals surface area contributed by atoms with Crippen molar-refractivity contribution in [1.82, 2.24) is 5.32 Å². The van der Waals surface area contributed by atoms with Crippen molar-refractivity contribution in [2.75, 3.05) is 0 Å². The predicted octanol–water partition coefficient (Wildman–Crippen LogP) is 2.68. The maximum atomic E-state index is 12.1. The van der Waals surface area contributed by atoms with Gasteiger partial charge in [0.15, 0.2) is 0 Å². The highest BCUT2D eigenvalue weighted by atomic mass is 32.1. The zero-order valence-corrected chi connectivity index (χ0v) is 12.1. The SMILES string of the molecule is O=C1NC(=O)C(c2ccc(CS)cc2)=C1c1ccccc1. The van der Waals surface area contributed by atoms with E-state index in [-0.39, 0.29) is 11.8 Å². The number of carbonyl (C=O) groups excluding carboxylic acids is 2. The molecule has 1 heterocycles. The molecule has 0 aliphatic carbocycles. The molecule has 1 aliphatic heterocycles. The van der Waals surface area contributed by atoms with Crippen molar-refractivity contribution < 1.29 is 9.59 Å². The molecule has 0 spiro atoms. The third kappa shape index (κ3) is 2.50. The Morgan fingerprint density at radius 2 is 1.29 bits per heavy atom. The van der Waals surface area contributed by atoms with Crippen LogP contribution >= 0.6 is 12.6 Å². The van der Waals surface area contributed by atoms with Crippen molar-refractivity contribution in [2.24, 2.45) is 0 Å². The van der Waals surface area contributed by atoms with Crippen LogP contribution in [0.3, 0.4) is 0 Å². The second kappa shape index (κ2) is 5.58. The maximum absolute atomic E-state index is 12.1. The van der Waals surface area contributed by atoms with Gasteiger partial charge in [0.2, 0.25) is 0 Å². The summed E-state index contributed by atoms with van der Waals surface area (Å²) in [6.45, 7) is 0. The molecule has 4 heteroatoms. The monoisotopic (exact) mass is 295 g/mol. The highest BCUT2D eigenvalue weighted by Gasteiger charge is 2.31. The van der Waals surface area contributed by atoms with Crippen molar-refractivity contribution in [1.29, 1.82) is 0 Å². The second-order valence-corrected chi connectivity index (χ2v) is 5.07. The first-order valence-electron chi connectivity index (χ1n) is 6.56. The minimum absolute atomic E-state index is 0.348. The summed E-state index contributed by atoms with van der Waals surface area (Å²) in [7, 11) is 0. The van der Waals surface area contributed by atoms with Crippen LogP contribution in [0.25, 0.3) is 11.1 Å². The van der Waals surface area contributed by atoms with Crippen molar-refractivity contribution in [3.05, 3.63) is 71.3 Å². The highest BCUT2D eigenvalue weighted by Crippen LogP contribution is 2.31. The number of thiol groups is 1. The Morgan fingerprint density at radius 3 is 1.81 bits per heavy atom. The van der Waals surface area contributed by atoms with Crippen LogP contribution in [0.5, 0.6) is 0 Å². The van der Waals surface area contributed by atoms with E-state index in [2.05, 4.69) is 17.9 Å². The van der Waals surface area contributed by atoms with Crippen LogP contribution in [0.4, 0.5) is 0 Å².